The van der Waals surface area contributed by atoms with Crippen molar-refractivity contribution < 1.29 is 75.8 Å². The van der Waals surface area contributed by atoms with E-state index in [1.807, 2.05) is 0 Å². The molecule has 0 amide bonds. The maximum absolute atomic E-state index is 12.9. The van der Waals surface area contributed by atoms with E-state index in [4.69, 9.17) is 32.3 Å². The van der Waals surface area contributed by atoms with Crippen LogP contribution in [0.25, 0.3) is 0 Å². The van der Waals surface area contributed by atoms with Gasteiger partial charge in [-0.2, -0.15) is 0 Å². The molecule has 0 aliphatic rings. The average molecular weight is 1320 g/mol. The third kappa shape index (κ3) is 66.9. The lowest BCUT2D eigenvalue weighted by atomic mass is 10.1. The molecular formula is C73H122O16P2. The van der Waals surface area contributed by atoms with Gasteiger partial charge in [0, 0.05) is 19.3 Å². The van der Waals surface area contributed by atoms with Gasteiger partial charge in [-0.3, -0.25) is 32.5 Å². The molecule has 0 radical (unpaired) electrons. The molecule has 5 unspecified atom stereocenters. The largest absolute Gasteiger partial charge is 0.472 e. The Morgan fingerprint density at radius 1 is 0.319 bits per heavy atom. The van der Waals surface area contributed by atoms with E-state index in [9.17, 15) is 43.5 Å². The first-order valence-corrected chi connectivity index (χ1v) is 37.5. The fourth-order valence-electron chi connectivity index (χ4n) is 8.62. The minimum absolute atomic E-state index is 0.0873. The zero-order valence-electron chi connectivity index (χ0n) is 56.2. The molecular weight excluding hydrogens is 1190 g/mol. The Morgan fingerprint density at radius 3 is 0.934 bits per heavy atom. The van der Waals surface area contributed by atoms with Crippen LogP contribution in [0.15, 0.2) is 134 Å². The summed E-state index contributed by atoms with van der Waals surface area (Å²) in [5, 5.41) is 20.5. The normalized spacial score (nSPS) is 15.0. The number of hydrogen-bond acceptors (Lipinski definition) is 14. The highest BCUT2D eigenvalue weighted by Gasteiger charge is 2.29. The second kappa shape index (κ2) is 65.7. The van der Waals surface area contributed by atoms with Gasteiger partial charge in [-0.15, -0.1) is 0 Å². The molecule has 0 bridgehead atoms. The second-order valence-corrected chi connectivity index (χ2v) is 25.5. The molecule has 16 nitrogen and oxygen atoms in total. The van der Waals surface area contributed by atoms with Crippen LogP contribution in [0.2, 0.25) is 0 Å². The van der Waals surface area contributed by atoms with Crippen LogP contribution >= 0.6 is 15.6 Å². The highest BCUT2D eigenvalue weighted by atomic mass is 31.2. The van der Waals surface area contributed by atoms with Gasteiger partial charge in [0.15, 0.2) is 6.10 Å². The van der Waals surface area contributed by atoms with E-state index in [1.54, 1.807) is 0 Å². The molecule has 0 spiro atoms. The van der Waals surface area contributed by atoms with E-state index in [-0.39, 0.29) is 19.3 Å². The lowest BCUT2D eigenvalue weighted by Gasteiger charge is -2.21. The van der Waals surface area contributed by atoms with Crippen molar-refractivity contribution in [2.75, 3.05) is 39.6 Å². The molecule has 4 N–H and O–H groups in total. The van der Waals surface area contributed by atoms with Gasteiger partial charge in [-0.05, 0) is 135 Å². The Morgan fingerprint density at radius 2 is 0.582 bits per heavy atom. The van der Waals surface area contributed by atoms with Crippen LogP contribution < -0.4 is 0 Å². The molecule has 0 aliphatic heterocycles. The number of hydrogen-bond donors (Lipinski definition) is 4. The number of phosphoric acid groups is 2. The summed E-state index contributed by atoms with van der Waals surface area (Å²) in [6, 6.07) is 0. The number of carbonyl (C=O) groups excluding carboxylic acids is 3. The summed E-state index contributed by atoms with van der Waals surface area (Å²) in [6.45, 7) is 2.35. The van der Waals surface area contributed by atoms with Crippen molar-refractivity contribution in [2.24, 2.45) is 0 Å². The molecule has 0 rings (SSSR count). The summed E-state index contributed by atoms with van der Waals surface area (Å²) < 4.78 is 60.8. The van der Waals surface area contributed by atoms with E-state index in [0.29, 0.717) is 19.3 Å². The number of esters is 3. The molecule has 5 atom stereocenters. The van der Waals surface area contributed by atoms with E-state index in [1.165, 1.54) is 25.7 Å². The first kappa shape index (κ1) is 86.7. The van der Waals surface area contributed by atoms with Gasteiger partial charge in [0.25, 0.3) is 0 Å². The molecule has 18 heteroatoms. The van der Waals surface area contributed by atoms with E-state index >= 15 is 0 Å². The Bertz CT molecular complexity index is 2190. The minimum Gasteiger partial charge on any atom is -0.463 e. The number of aliphatic hydroxyl groups excluding tert-OH is 2. The van der Waals surface area contributed by atoms with Crippen LogP contribution in [0.1, 0.15) is 252 Å². The molecule has 0 saturated carbocycles. The van der Waals surface area contributed by atoms with Crippen LogP contribution in [0, 0.1) is 0 Å². The number of ether oxygens (including phenoxy) is 3. The predicted molar refractivity (Wildman–Crippen MR) is 371 cm³/mol. The fourth-order valence-corrected chi connectivity index (χ4v) is 10.2. The van der Waals surface area contributed by atoms with E-state index < -0.39 is 91.5 Å². The Kier molecular flexibility index (Phi) is 62.6. The Hall–Kier alpha value is -4.31. The Balaban J connectivity index is 4.66. The summed E-state index contributed by atoms with van der Waals surface area (Å²) in [4.78, 5) is 58.4. The number of rotatable bonds is 64. The molecule has 520 valence electrons. The summed E-state index contributed by atoms with van der Waals surface area (Å²) >= 11 is 0. The third-order valence-electron chi connectivity index (χ3n) is 13.8. The van der Waals surface area contributed by atoms with Gasteiger partial charge < -0.3 is 34.2 Å². The molecule has 0 saturated heterocycles. The maximum atomic E-state index is 12.9. The van der Waals surface area contributed by atoms with E-state index in [2.05, 4.69) is 154 Å². The molecule has 0 aromatic rings. The number of aliphatic hydroxyl groups is 2. The predicted octanol–water partition coefficient (Wildman–Crippen LogP) is 19.2. The zero-order chi connectivity index (χ0) is 66.7. The van der Waals surface area contributed by atoms with E-state index in [0.717, 1.165) is 167 Å². The van der Waals surface area contributed by atoms with Gasteiger partial charge >= 0.3 is 33.6 Å². The molecule has 91 heavy (non-hydrogen) atoms. The van der Waals surface area contributed by atoms with Crippen LogP contribution in [0.3, 0.4) is 0 Å². The van der Waals surface area contributed by atoms with Gasteiger partial charge in [0.2, 0.25) is 0 Å². The van der Waals surface area contributed by atoms with Crippen molar-refractivity contribution in [1.29, 1.82) is 0 Å². The highest BCUT2D eigenvalue weighted by Crippen LogP contribution is 2.45. The third-order valence-corrected chi connectivity index (χ3v) is 15.7. The van der Waals surface area contributed by atoms with Gasteiger partial charge in [0.1, 0.15) is 25.4 Å². The van der Waals surface area contributed by atoms with Crippen LogP contribution in [0.4, 0.5) is 0 Å². The van der Waals surface area contributed by atoms with Crippen LogP contribution in [0.5, 0.6) is 0 Å². The van der Waals surface area contributed by atoms with Crippen LogP contribution in [-0.4, -0.2) is 95.9 Å². The van der Waals surface area contributed by atoms with Crippen molar-refractivity contribution in [3.05, 3.63) is 134 Å². The molecule has 0 aromatic carbocycles. The van der Waals surface area contributed by atoms with Crippen molar-refractivity contribution in [2.45, 2.75) is 270 Å². The number of phosphoric ester groups is 2. The topological polar surface area (TPSA) is 231 Å². The SMILES string of the molecule is CC/C=C\C/C=C\C/C=C\C/C=C\C/C=C\C/C=C\CCCCCCC(=O)OCC(O)COP(=O)(O)OCC(O)COP(=O)(O)OCC(COC(=O)CCCCCCCC/C=C\C/C=C\C/C=C\C/C=C\CC)OC(=O)CCCCCCC/C=C\CCCCCC. The lowest BCUT2D eigenvalue weighted by Crippen LogP contribution is -2.30. The molecule has 0 fully saturated rings. The summed E-state index contributed by atoms with van der Waals surface area (Å²) in [5.74, 6) is -1.63. The van der Waals surface area contributed by atoms with Crippen molar-refractivity contribution >= 4 is 33.6 Å². The number of carbonyl (C=O) groups is 3. The van der Waals surface area contributed by atoms with Crippen LogP contribution in [-0.2, 0) is 55.8 Å². The van der Waals surface area contributed by atoms with Crippen molar-refractivity contribution in [3.63, 3.8) is 0 Å². The molecule has 0 aromatic heterocycles. The maximum Gasteiger partial charge on any atom is 0.472 e. The van der Waals surface area contributed by atoms with Gasteiger partial charge in [-0.1, -0.05) is 231 Å². The van der Waals surface area contributed by atoms with Gasteiger partial charge in [0.05, 0.1) is 26.4 Å². The first-order chi connectivity index (χ1) is 44.2. The molecule has 0 aliphatic carbocycles. The van der Waals surface area contributed by atoms with Crippen molar-refractivity contribution in [3.8, 4) is 0 Å². The lowest BCUT2D eigenvalue weighted by molar-refractivity contribution is -0.161. The summed E-state index contributed by atoms with van der Waals surface area (Å²) in [7, 11) is -9.80. The average Bonchev–Trinajstić information content (AvgIpc) is 3.74. The quantitative estimate of drug-likeness (QED) is 0.0146. The standard InChI is InChI=1S/C73H122O16P2/c1-4-7-10-13-16-19-22-25-27-29-31-32-33-34-36-38-39-42-44-47-50-53-56-59-71(76)83-62-68(74)63-85-90(79,80)86-64-69(75)65-87-91(81,82)88-67-70(89-73(78)61-58-55-52-49-46-41-24-21-18-15-12-9-6-3)66-84-72(77)60-57-54-51-48-45-43-40-37-35-30-28-26-23-20-17-14-11-8-5-2/h7-8,10-11,16-17,19-21,24-28,31-32,34-37,39,42,68-70,74-75H,4-6,9,12-15,18,22-23,29-30,33,38,40-41,43-67H2,1-3H3,(H,79,80)(H,81,82)/b10-7-,11-8-,19-16-,20-17-,24-21-,27-25-,28-26-,32-31-,36-34-,37-35-,42-39-. The summed E-state index contributed by atoms with van der Waals surface area (Å²) in [6.07, 6.45) is 76.4. The van der Waals surface area contributed by atoms with Gasteiger partial charge in [-0.25, -0.2) is 9.13 Å². The van der Waals surface area contributed by atoms with Crippen molar-refractivity contribution in [1.82, 2.24) is 0 Å². The zero-order valence-corrected chi connectivity index (χ0v) is 58.0. The smallest absolute Gasteiger partial charge is 0.463 e. The number of unbranched alkanes of at least 4 members (excludes halogenated alkanes) is 19. The second-order valence-electron chi connectivity index (χ2n) is 22.6. The first-order valence-electron chi connectivity index (χ1n) is 34.5. The Labute approximate surface area is 550 Å². The number of allylic oxidation sites excluding steroid dienone is 22. The minimum atomic E-state index is -4.93. The fraction of sp³-hybridized carbons (Fsp3) is 0.658. The monoisotopic (exact) mass is 1320 g/mol. The summed E-state index contributed by atoms with van der Waals surface area (Å²) in [5.41, 5.74) is 0. The molecule has 0 heterocycles. The highest BCUT2D eigenvalue weighted by molar-refractivity contribution is 7.47.